The van der Waals surface area contributed by atoms with Crippen LogP contribution in [0.4, 0.5) is 13.2 Å². The third kappa shape index (κ3) is 2.26. The van der Waals surface area contributed by atoms with Crippen molar-refractivity contribution in [2.24, 2.45) is 5.92 Å². The van der Waals surface area contributed by atoms with Crippen LogP contribution in [0.25, 0.3) is 0 Å². The molecular formula is C17H21F3O3. The van der Waals surface area contributed by atoms with E-state index in [0.717, 1.165) is 11.1 Å². The van der Waals surface area contributed by atoms with Gasteiger partial charge in [-0.2, -0.15) is 13.2 Å². The van der Waals surface area contributed by atoms with Crippen LogP contribution < -0.4 is 0 Å². The van der Waals surface area contributed by atoms with Crippen LogP contribution in [-0.4, -0.2) is 33.2 Å². The fourth-order valence-electron chi connectivity index (χ4n) is 4.63. The highest BCUT2D eigenvalue weighted by Gasteiger charge is 2.65. The lowest BCUT2D eigenvalue weighted by Crippen LogP contribution is -2.63. The van der Waals surface area contributed by atoms with Crippen molar-refractivity contribution in [2.75, 3.05) is 0 Å². The molecule has 2 aliphatic rings. The maximum absolute atomic E-state index is 13.3. The van der Waals surface area contributed by atoms with Crippen LogP contribution in [0.15, 0.2) is 18.2 Å². The topological polar surface area (TPSA) is 60.7 Å². The number of alkyl halides is 3. The first kappa shape index (κ1) is 16.6. The Hall–Kier alpha value is -1.27. The van der Waals surface area contributed by atoms with E-state index < -0.39 is 29.7 Å². The molecule has 0 spiro atoms. The van der Waals surface area contributed by atoms with Gasteiger partial charge in [-0.1, -0.05) is 13.0 Å². The predicted octanol–water partition coefficient (Wildman–Crippen LogP) is 3.05. The number of aliphatic hydroxyl groups excluding tert-OH is 1. The van der Waals surface area contributed by atoms with E-state index in [9.17, 15) is 28.5 Å². The van der Waals surface area contributed by atoms with Crippen molar-refractivity contribution in [1.82, 2.24) is 0 Å². The molecule has 4 atom stereocenters. The van der Waals surface area contributed by atoms with E-state index in [1.54, 1.807) is 12.1 Å². The zero-order valence-corrected chi connectivity index (χ0v) is 12.9. The Morgan fingerprint density at radius 3 is 2.57 bits per heavy atom. The first-order valence-electron chi connectivity index (χ1n) is 7.93. The highest BCUT2D eigenvalue weighted by molar-refractivity contribution is 5.43. The fraction of sp³-hybridized carbons (Fsp3) is 0.647. The lowest BCUT2D eigenvalue weighted by molar-refractivity contribution is -0.310. The molecule has 3 N–H and O–H groups in total. The number of phenolic OH excluding ortho intramolecular Hbond substituents is 1. The van der Waals surface area contributed by atoms with E-state index >= 15 is 0 Å². The van der Waals surface area contributed by atoms with Gasteiger partial charge in [0.15, 0.2) is 5.60 Å². The number of phenols is 1. The number of benzene rings is 1. The van der Waals surface area contributed by atoms with Crippen molar-refractivity contribution < 1.29 is 28.5 Å². The Kier molecular flexibility index (Phi) is 3.69. The van der Waals surface area contributed by atoms with Crippen molar-refractivity contribution >= 4 is 0 Å². The quantitative estimate of drug-likeness (QED) is 0.742. The molecule has 0 saturated heterocycles. The van der Waals surface area contributed by atoms with Gasteiger partial charge >= 0.3 is 6.18 Å². The van der Waals surface area contributed by atoms with Crippen LogP contribution in [-0.2, 0) is 11.8 Å². The Labute approximate surface area is 132 Å². The van der Waals surface area contributed by atoms with E-state index in [1.165, 1.54) is 6.07 Å². The maximum atomic E-state index is 13.3. The van der Waals surface area contributed by atoms with Crippen molar-refractivity contribution in [3.8, 4) is 5.75 Å². The summed E-state index contributed by atoms with van der Waals surface area (Å²) in [5.41, 5.74) is -1.80. The van der Waals surface area contributed by atoms with Crippen molar-refractivity contribution in [3.63, 3.8) is 0 Å². The number of aromatic hydroxyl groups is 1. The Morgan fingerprint density at radius 1 is 1.26 bits per heavy atom. The van der Waals surface area contributed by atoms with E-state index in [1.807, 2.05) is 6.92 Å². The largest absolute Gasteiger partial charge is 0.508 e. The second-order valence-electron chi connectivity index (χ2n) is 6.93. The fourth-order valence-corrected chi connectivity index (χ4v) is 4.63. The molecule has 1 aromatic rings. The smallest absolute Gasteiger partial charge is 0.419 e. The molecule has 3 rings (SSSR count). The first-order valence-corrected chi connectivity index (χ1v) is 7.93. The van der Waals surface area contributed by atoms with Gasteiger partial charge in [0.2, 0.25) is 0 Å². The van der Waals surface area contributed by atoms with Crippen LogP contribution in [0.1, 0.15) is 43.7 Å². The van der Waals surface area contributed by atoms with Gasteiger partial charge in [0, 0.05) is 5.41 Å². The van der Waals surface area contributed by atoms with Gasteiger partial charge in [0.25, 0.3) is 0 Å². The summed E-state index contributed by atoms with van der Waals surface area (Å²) in [6.07, 6.45) is -5.64. The van der Waals surface area contributed by atoms with Crippen LogP contribution in [0.2, 0.25) is 0 Å². The lowest BCUT2D eigenvalue weighted by Gasteiger charge is -2.55. The minimum atomic E-state index is -4.85. The third-order valence-corrected chi connectivity index (χ3v) is 5.96. The number of hydrogen-bond acceptors (Lipinski definition) is 3. The zero-order chi connectivity index (χ0) is 17.0. The van der Waals surface area contributed by atoms with Gasteiger partial charge in [-0.3, -0.25) is 0 Å². The SMILES string of the molecule is CCC12CC(O)C(O)(C(F)(F)F)CC1CCc1cc(O)ccc12. The average molecular weight is 330 g/mol. The molecule has 0 amide bonds. The van der Waals surface area contributed by atoms with E-state index in [0.29, 0.717) is 19.3 Å². The lowest BCUT2D eigenvalue weighted by atomic mass is 9.52. The average Bonchev–Trinajstić information content (AvgIpc) is 2.47. The molecule has 0 radical (unpaired) electrons. The molecule has 2 aliphatic carbocycles. The minimum Gasteiger partial charge on any atom is -0.508 e. The highest BCUT2D eigenvalue weighted by Crippen LogP contribution is 2.57. The Bertz CT molecular complexity index is 616. The van der Waals surface area contributed by atoms with Crippen molar-refractivity contribution in [3.05, 3.63) is 29.3 Å². The second-order valence-corrected chi connectivity index (χ2v) is 6.93. The summed E-state index contributed by atoms with van der Waals surface area (Å²) in [7, 11) is 0. The molecule has 128 valence electrons. The molecule has 1 fully saturated rings. The standard InChI is InChI=1S/C17H21F3O3/c1-2-15-9-14(22)16(23,17(18,19)20)8-11(15)4-3-10-7-12(21)5-6-13(10)15/h5-7,11,14,21-23H,2-4,8-9H2,1H3. The number of aliphatic hydroxyl groups is 2. The van der Waals surface area contributed by atoms with Crippen molar-refractivity contribution in [2.45, 2.75) is 62.3 Å². The number of fused-ring (bicyclic) bond motifs is 3. The molecule has 0 aliphatic heterocycles. The number of aryl methyl sites for hydroxylation is 1. The van der Waals surface area contributed by atoms with Gasteiger partial charge in [0.1, 0.15) is 5.75 Å². The third-order valence-electron chi connectivity index (χ3n) is 5.96. The summed E-state index contributed by atoms with van der Waals surface area (Å²) in [6, 6.07) is 4.94. The van der Waals surface area contributed by atoms with Crippen LogP contribution in [0, 0.1) is 5.92 Å². The molecule has 6 heteroatoms. The Balaban J connectivity index is 2.07. The monoisotopic (exact) mass is 330 g/mol. The highest BCUT2D eigenvalue weighted by atomic mass is 19.4. The summed E-state index contributed by atoms with van der Waals surface area (Å²) < 4.78 is 39.8. The normalized spacial score (nSPS) is 37.1. The van der Waals surface area contributed by atoms with Gasteiger partial charge in [-0.15, -0.1) is 0 Å². The van der Waals surface area contributed by atoms with E-state index in [4.69, 9.17) is 0 Å². The molecular weight excluding hydrogens is 309 g/mol. The predicted molar refractivity (Wildman–Crippen MR) is 78.1 cm³/mol. The molecule has 1 aromatic carbocycles. The zero-order valence-electron chi connectivity index (χ0n) is 12.9. The Morgan fingerprint density at radius 2 is 1.96 bits per heavy atom. The van der Waals surface area contributed by atoms with E-state index in [-0.39, 0.29) is 18.1 Å². The molecule has 0 bridgehead atoms. The maximum Gasteiger partial charge on any atom is 0.419 e. The molecule has 0 aromatic heterocycles. The molecule has 23 heavy (non-hydrogen) atoms. The van der Waals surface area contributed by atoms with Crippen LogP contribution in [0.5, 0.6) is 5.75 Å². The summed E-state index contributed by atoms with van der Waals surface area (Å²) in [5.74, 6) is -0.212. The number of rotatable bonds is 1. The second kappa shape index (κ2) is 5.11. The molecule has 3 nitrogen and oxygen atoms in total. The van der Waals surface area contributed by atoms with Gasteiger partial charge in [-0.25, -0.2) is 0 Å². The minimum absolute atomic E-state index is 0.123. The van der Waals surface area contributed by atoms with Gasteiger partial charge < -0.3 is 15.3 Å². The molecule has 4 unspecified atom stereocenters. The van der Waals surface area contributed by atoms with Crippen LogP contribution >= 0.6 is 0 Å². The summed E-state index contributed by atoms with van der Waals surface area (Å²) in [5, 5.41) is 29.9. The van der Waals surface area contributed by atoms with E-state index in [2.05, 4.69) is 0 Å². The summed E-state index contributed by atoms with van der Waals surface area (Å²) >= 11 is 0. The summed E-state index contributed by atoms with van der Waals surface area (Å²) in [4.78, 5) is 0. The van der Waals surface area contributed by atoms with Gasteiger partial charge in [0.05, 0.1) is 6.10 Å². The number of halogens is 3. The molecule has 0 heterocycles. The van der Waals surface area contributed by atoms with Gasteiger partial charge in [-0.05, 0) is 61.3 Å². The molecule has 1 saturated carbocycles. The van der Waals surface area contributed by atoms with Crippen molar-refractivity contribution in [1.29, 1.82) is 0 Å². The number of hydrogen-bond donors (Lipinski definition) is 3. The first-order chi connectivity index (χ1) is 10.6. The summed E-state index contributed by atoms with van der Waals surface area (Å²) in [6.45, 7) is 1.90. The van der Waals surface area contributed by atoms with Crippen LogP contribution in [0.3, 0.4) is 0 Å².